The van der Waals surface area contributed by atoms with Gasteiger partial charge in [0.25, 0.3) is 5.88 Å². The highest BCUT2D eigenvalue weighted by atomic mass is 16.6. The van der Waals surface area contributed by atoms with Crippen molar-refractivity contribution in [3.05, 3.63) is 34.2 Å². The minimum atomic E-state index is -0.316. The van der Waals surface area contributed by atoms with Gasteiger partial charge in [-0.2, -0.15) is 26.9 Å². The van der Waals surface area contributed by atoms with E-state index in [1.165, 1.54) is 0 Å². The number of fused-ring (bicyclic) bond motifs is 6. The van der Waals surface area contributed by atoms with Crippen LogP contribution in [0.5, 0.6) is 5.88 Å². The van der Waals surface area contributed by atoms with Crippen molar-refractivity contribution in [2.45, 2.75) is 0 Å². The van der Waals surface area contributed by atoms with Crippen LogP contribution in [-0.4, -0.2) is 112 Å². The molecule has 0 unspecified atom stereocenters. The summed E-state index contributed by atoms with van der Waals surface area (Å²) >= 11 is 0. The van der Waals surface area contributed by atoms with Crippen LogP contribution in [0.3, 0.4) is 0 Å². The molecule has 0 atom stereocenters. The zero-order chi connectivity index (χ0) is 31.8. The van der Waals surface area contributed by atoms with E-state index >= 15 is 0 Å². The van der Waals surface area contributed by atoms with Crippen LogP contribution in [0.25, 0.3) is 37.9 Å². The van der Waals surface area contributed by atoms with Crippen molar-refractivity contribution in [3.8, 4) is 30.2 Å². The number of nitrogens with zero attached hydrogens (tertiary/aromatic N) is 15. The zero-order valence-electron chi connectivity index (χ0n) is 24.3. The summed E-state index contributed by atoms with van der Waals surface area (Å²) in [5.41, 5.74) is -1.13. The first-order chi connectivity index (χ1) is 20.5. The molecule has 0 spiro atoms. The third-order valence-corrected chi connectivity index (χ3v) is 5.40. The normalized spacial score (nSPS) is 10.7. The topological polar surface area (TPSA) is 225 Å². The molecule has 0 aliphatic carbocycles. The van der Waals surface area contributed by atoms with E-state index < -0.39 is 0 Å². The molecule has 3 heterocycles. The fourth-order valence-electron chi connectivity index (χ4n) is 4.07. The van der Waals surface area contributed by atoms with Crippen LogP contribution >= 0.6 is 0 Å². The molecule has 0 saturated carbocycles. The Morgan fingerprint density at radius 1 is 0.605 bits per heavy atom. The van der Waals surface area contributed by atoms with E-state index in [0.29, 0.717) is 0 Å². The van der Waals surface area contributed by atoms with Gasteiger partial charge in [0.2, 0.25) is 11.2 Å². The van der Waals surface area contributed by atoms with Crippen molar-refractivity contribution < 1.29 is 4.84 Å². The van der Waals surface area contributed by atoms with Crippen molar-refractivity contribution in [2.24, 2.45) is 5.90 Å². The Labute approximate surface area is 247 Å². The number of aromatic nitrogens is 6. The molecule has 3 aromatic heterocycles. The Morgan fingerprint density at radius 3 is 1.30 bits per heavy atom. The molecule has 2 N–H and O–H groups in total. The maximum absolute atomic E-state index is 9.30. The van der Waals surface area contributed by atoms with E-state index in [1.807, 2.05) is 0 Å². The van der Waals surface area contributed by atoms with Gasteiger partial charge in [-0.15, -0.1) is 4.98 Å². The van der Waals surface area contributed by atoms with Crippen LogP contribution in [0.4, 0.5) is 5.82 Å². The molecule has 216 valence electrons. The summed E-state index contributed by atoms with van der Waals surface area (Å²) in [6.07, 6.45) is 0. The SMILES string of the molecule is CN(C)CN(CN(C)C)CN(C)C.[C-]#[N+]c1nc2c(nc1C#N)c1nc(C#N)c(C#N)nc1c1nc(C#N)c(ON)nc12. The monoisotopic (exact) mass is 578 g/mol. The summed E-state index contributed by atoms with van der Waals surface area (Å²) in [7, 11) is 12.6. The van der Waals surface area contributed by atoms with Gasteiger partial charge < -0.3 is 9.68 Å². The molecule has 0 radical (unpaired) electrons. The van der Waals surface area contributed by atoms with Crippen LogP contribution in [0.1, 0.15) is 22.8 Å². The van der Waals surface area contributed by atoms with Crippen LogP contribution in [0, 0.1) is 51.9 Å². The standard InChI is InChI=1S/C17H2N12O.C9H24N4/c1-23-16-8(4-20)26-12-10-11(25-7(3-19)6(2-18)24-10)13-15(14(12)28-16)29-17(30-22)9(5-21)27-13;1-10(2)7-13(8-11(3)4)9-12(5)6/h22H2;7-9H2,1-6H3. The largest absolute Gasteiger partial charge is 0.388 e. The van der Waals surface area contributed by atoms with Crippen molar-refractivity contribution in [2.75, 3.05) is 62.3 Å². The molecule has 0 bridgehead atoms. The van der Waals surface area contributed by atoms with Gasteiger partial charge in [-0.05, 0) is 42.3 Å². The first kappa shape index (κ1) is 31.8. The minimum Gasteiger partial charge on any atom is -0.388 e. The summed E-state index contributed by atoms with van der Waals surface area (Å²) in [5.74, 6) is 4.56. The van der Waals surface area contributed by atoms with E-state index in [0.717, 1.165) is 20.0 Å². The molecule has 0 saturated heterocycles. The second kappa shape index (κ2) is 13.8. The van der Waals surface area contributed by atoms with Crippen LogP contribution in [0.15, 0.2) is 0 Å². The lowest BCUT2D eigenvalue weighted by Gasteiger charge is -2.30. The predicted octanol–water partition coefficient (Wildman–Crippen LogP) is 0.652. The lowest BCUT2D eigenvalue weighted by Crippen LogP contribution is -2.44. The number of benzene rings is 1. The first-order valence-corrected chi connectivity index (χ1v) is 12.3. The molecular formula is C26H26N16O. The average Bonchev–Trinajstić information content (AvgIpc) is 2.98. The predicted molar refractivity (Wildman–Crippen MR) is 153 cm³/mol. The second-order valence-electron chi connectivity index (χ2n) is 9.80. The molecule has 0 aliphatic heterocycles. The number of hydrogen-bond donors (Lipinski definition) is 1. The van der Waals surface area contributed by atoms with Gasteiger partial charge in [0.15, 0.2) is 17.1 Å². The van der Waals surface area contributed by atoms with Gasteiger partial charge in [-0.3, -0.25) is 19.6 Å². The lowest BCUT2D eigenvalue weighted by molar-refractivity contribution is 0.0743. The van der Waals surface area contributed by atoms with Crippen LogP contribution in [0.2, 0.25) is 0 Å². The Morgan fingerprint density at radius 2 is 0.953 bits per heavy atom. The van der Waals surface area contributed by atoms with E-state index in [-0.39, 0.29) is 67.6 Å². The molecule has 4 aromatic rings. The van der Waals surface area contributed by atoms with E-state index in [2.05, 4.69) is 101 Å². The third-order valence-electron chi connectivity index (χ3n) is 5.40. The van der Waals surface area contributed by atoms with E-state index in [9.17, 15) is 21.0 Å². The van der Waals surface area contributed by atoms with Crippen molar-refractivity contribution >= 4 is 38.9 Å². The highest BCUT2D eigenvalue weighted by molar-refractivity contribution is 6.18. The van der Waals surface area contributed by atoms with Crippen molar-refractivity contribution in [3.63, 3.8) is 0 Å². The third kappa shape index (κ3) is 6.96. The van der Waals surface area contributed by atoms with Gasteiger partial charge in [0.05, 0.1) is 20.0 Å². The molecular weight excluding hydrogens is 552 g/mol. The average molecular weight is 579 g/mol. The highest BCUT2D eigenvalue weighted by Gasteiger charge is 2.25. The molecule has 43 heavy (non-hydrogen) atoms. The Bertz CT molecular complexity index is 1830. The van der Waals surface area contributed by atoms with Gasteiger partial charge >= 0.3 is 5.82 Å². The minimum absolute atomic E-state index is 0.000636. The second-order valence-corrected chi connectivity index (χ2v) is 9.80. The quantitative estimate of drug-likeness (QED) is 0.137. The molecule has 17 nitrogen and oxygen atoms in total. The Balaban J connectivity index is 0.000000331. The summed E-state index contributed by atoms with van der Waals surface area (Å²) in [5, 5.41) is 37.2. The molecule has 0 aliphatic rings. The highest BCUT2D eigenvalue weighted by Crippen LogP contribution is 2.33. The fourth-order valence-corrected chi connectivity index (χ4v) is 4.07. The first-order valence-electron chi connectivity index (χ1n) is 12.3. The number of hydrogen-bond acceptors (Lipinski definition) is 16. The molecule has 0 fully saturated rings. The van der Waals surface area contributed by atoms with E-state index in [1.54, 1.807) is 24.3 Å². The molecule has 1 aromatic carbocycles. The summed E-state index contributed by atoms with van der Waals surface area (Å²) < 4.78 is 0. The van der Waals surface area contributed by atoms with Crippen LogP contribution < -0.4 is 10.7 Å². The van der Waals surface area contributed by atoms with Gasteiger partial charge in [0, 0.05) is 0 Å². The molecule has 17 heteroatoms. The van der Waals surface area contributed by atoms with Crippen molar-refractivity contribution in [1.82, 2.24) is 49.5 Å². The molecule has 4 rings (SSSR count). The lowest BCUT2D eigenvalue weighted by atomic mass is 10.1. The Hall–Kier alpha value is -5.71. The fraction of sp³-hybridized carbons (Fsp3) is 0.346. The zero-order valence-corrected chi connectivity index (χ0v) is 24.3. The van der Waals surface area contributed by atoms with Gasteiger partial charge in [-0.25, -0.2) is 24.9 Å². The maximum atomic E-state index is 9.30. The summed E-state index contributed by atoms with van der Waals surface area (Å²) in [4.78, 5) is 41.5. The number of rotatable bonds is 7. The number of nitriles is 4. The Kier molecular flexibility index (Phi) is 10.2. The number of nitrogens with two attached hydrogens (primary N) is 1. The van der Waals surface area contributed by atoms with E-state index in [4.69, 9.17) is 12.5 Å². The molecule has 0 amide bonds. The maximum Gasteiger partial charge on any atom is 0.307 e. The summed E-state index contributed by atoms with van der Waals surface area (Å²) in [6, 6.07) is 7.06. The van der Waals surface area contributed by atoms with Gasteiger partial charge in [-0.1, -0.05) is 6.57 Å². The smallest absolute Gasteiger partial charge is 0.307 e. The summed E-state index contributed by atoms with van der Waals surface area (Å²) in [6.45, 7) is 10.2. The van der Waals surface area contributed by atoms with Gasteiger partial charge in [0.1, 0.15) is 51.9 Å². The van der Waals surface area contributed by atoms with Crippen LogP contribution in [-0.2, 0) is 0 Å². The van der Waals surface area contributed by atoms with Crippen molar-refractivity contribution in [1.29, 1.82) is 21.0 Å².